The first kappa shape index (κ1) is 17.9. The molecule has 7 heteroatoms. The van der Waals surface area contributed by atoms with Crippen molar-refractivity contribution < 1.29 is 23.4 Å². The van der Waals surface area contributed by atoms with E-state index in [9.17, 15) is 9.59 Å². The Hall–Kier alpha value is -3.48. The van der Waals surface area contributed by atoms with Gasteiger partial charge in [-0.1, -0.05) is 12.1 Å². The molecule has 4 rings (SSSR count). The van der Waals surface area contributed by atoms with Gasteiger partial charge in [0.1, 0.15) is 5.58 Å². The van der Waals surface area contributed by atoms with Crippen LogP contribution in [-0.2, 0) is 0 Å². The molecule has 3 aromatic rings. The average Bonchev–Trinajstić information content (AvgIpc) is 2.97. The summed E-state index contributed by atoms with van der Waals surface area (Å²) in [5.41, 5.74) is 1.04. The molecule has 1 amide bonds. The maximum absolute atomic E-state index is 13.2. The average molecular weight is 381 g/mol. The Morgan fingerprint density at radius 3 is 2.32 bits per heavy atom. The number of para-hydroxylation sites is 1. The zero-order valence-corrected chi connectivity index (χ0v) is 15.9. The lowest BCUT2D eigenvalue weighted by atomic mass is 9.97. The predicted octanol–water partition coefficient (Wildman–Crippen LogP) is 2.99. The van der Waals surface area contributed by atoms with Crippen LogP contribution in [0.25, 0.3) is 11.0 Å². The van der Waals surface area contributed by atoms with Crippen molar-refractivity contribution in [1.29, 1.82) is 0 Å². The van der Waals surface area contributed by atoms with Crippen molar-refractivity contribution in [3.63, 3.8) is 0 Å². The minimum absolute atomic E-state index is 0.0491. The van der Waals surface area contributed by atoms with E-state index >= 15 is 0 Å². The second-order valence-corrected chi connectivity index (χ2v) is 6.41. The fourth-order valence-corrected chi connectivity index (χ4v) is 3.74. The number of hydrogen-bond donors (Lipinski definition) is 0. The van der Waals surface area contributed by atoms with Crippen molar-refractivity contribution in [2.45, 2.75) is 6.04 Å². The molecule has 0 radical (unpaired) electrons. The molecule has 0 aliphatic carbocycles. The summed E-state index contributed by atoms with van der Waals surface area (Å²) in [7, 11) is 6.16. The number of rotatable bonds is 4. The summed E-state index contributed by atoms with van der Waals surface area (Å²) in [4.78, 5) is 27.6. The lowest BCUT2D eigenvalue weighted by Crippen LogP contribution is -2.25. The second-order valence-electron chi connectivity index (χ2n) is 6.41. The zero-order chi connectivity index (χ0) is 20.0. The van der Waals surface area contributed by atoms with E-state index in [4.69, 9.17) is 18.6 Å². The normalized spacial score (nSPS) is 15.6. The van der Waals surface area contributed by atoms with Crippen molar-refractivity contribution in [3.8, 4) is 17.2 Å². The van der Waals surface area contributed by atoms with Crippen molar-refractivity contribution in [3.05, 3.63) is 63.5 Å². The summed E-state index contributed by atoms with van der Waals surface area (Å²) < 4.78 is 22.2. The summed E-state index contributed by atoms with van der Waals surface area (Å²) in [6, 6.07) is 9.70. The molecule has 2 aromatic carbocycles. The molecule has 1 aromatic heterocycles. The Morgan fingerprint density at radius 2 is 1.64 bits per heavy atom. The molecule has 0 saturated heterocycles. The van der Waals surface area contributed by atoms with Crippen LogP contribution >= 0.6 is 0 Å². The number of nitrogens with zero attached hydrogens (tertiary/aromatic N) is 1. The number of methoxy groups -OCH3 is 3. The second kappa shape index (κ2) is 6.60. The lowest BCUT2D eigenvalue weighted by Gasteiger charge is -2.24. The Balaban J connectivity index is 2.03. The molecule has 0 N–H and O–H groups in total. The smallest absolute Gasteiger partial charge is 0.290 e. The molecule has 1 atom stereocenters. The van der Waals surface area contributed by atoms with Crippen LogP contribution < -0.4 is 19.6 Å². The molecule has 144 valence electrons. The summed E-state index contributed by atoms with van der Waals surface area (Å²) in [5.74, 6) is 0.961. The molecule has 28 heavy (non-hydrogen) atoms. The van der Waals surface area contributed by atoms with Gasteiger partial charge in [0.15, 0.2) is 16.9 Å². The van der Waals surface area contributed by atoms with E-state index in [0.717, 1.165) is 0 Å². The van der Waals surface area contributed by atoms with E-state index in [1.165, 1.54) is 26.2 Å². The minimum atomic E-state index is -0.668. The molecule has 0 unspecified atom stereocenters. The molecular formula is C21H19NO6. The largest absolute Gasteiger partial charge is 0.493 e. The molecule has 7 nitrogen and oxygen atoms in total. The highest BCUT2D eigenvalue weighted by molar-refractivity contribution is 5.99. The first-order chi connectivity index (χ1) is 13.5. The maximum atomic E-state index is 13.2. The van der Waals surface area contributed by atoms with Crippen molar-refractivity contribution in [1.82, 2.24) is 4.90 Å². The monoisotopic (exact) mass is 381 g/mol. The predicted molar refractivity (Wildman–Crippen MR) is 103 cm³/mol. The number of ether oxygens (including phenoxy) is 3. The van der Waals surface area contributed by atoms with Gasteiger partial charge < -0.3 is 23.5 Å². The Bertz CT molecular complexity index is 1150. The number of fused-ring (bicyclic) bond motifs is 2. The van der Waals surface area contributed by atoms with Gasteiger partial charge in [-0.2, -0.15) is 0 Å². The third-order valence-corrected chi connectivity index (χ3v) is 5.04. The topological polar surface area (TPSA) is 78.2 Å². The van der Waals surface area contributed by atoms with Gasteiger partial charge in [0.05, 0.1) is 38.3 Å². The first-order valence-corrected chi connectivity index (χ1v) is 8.65. The van der Waals surface area contributed by atoms with E-state index in [2.05, 4.69) is 0 Å². The number of carbonyl (C=O) groups excluding carboxylic acids is 1. The van der Waals surface area contributed by atoms with Gasteiger partial charge in [0.2, 0.25) is 11.5 Å². The lowest BCUT2D eigenvalue weighted by molar-refractivity contribution is 0.0770. The molecule has 0 spiro atoms. The Kier molecular flexibility index (Phi) is 4.22. The van der Waals surface area contributed by atoms with Gasteiger partial charge in [-0.25, -0.2) is 0 Å². The van der Waals surface area contributed by atoms with E-state index in [1.54, 1.807) is 43.4 Å². The molecular weight excluding hydrogens is 362 g/mol. The van der Waals surface area contributed by atoms with Gasteiger partial charge in [-0.15, -0.1) is 0 Å². The van der Waals surface area contributed by atoms with Gasteiger partial charge >= 0.3 is 0 Å². The van der Waals surface area contributed by atoms with Gasteiger partial charge in [-0.05, 0) is 24.3 Å². The minimum Gasteiger partial charge on any atom is -0.493 e. The summed E-state index contributed by atoms with van der Waals surface area (Å²) >= 11 is 0. The maximum Gasteiger partial charge on any atom is 0.290 e. The van der Waals surface area contributed by atoms with Crippen LogP contribution in [-0.4, -0.2) is 39.2 Å². The van der Waals surface area contributed by atoms with E-state index < -0.39 is 6.04 Å². The fourth-order valence-electron chi connectivity index (χ4n) is 3.74. The Labute approximate surface area is 161 Å². The van der Waals surface area contributed by atoms with Gasteiger partial charge in [-0.3, -0.25) is 9.59 Å². The van der Waals surface area contributed by atoms with Crippen LogP contribution in [0.15, 0.2) is 45.6 Å². The summed E-state index contributed by atoms with van der Waals surface area (Å²) in [5, 5.41) is 0.425. The number of amides is 1. The first-order valence-electron chi connectivity index (χ1n) is 8.65. The summed E-state index contributed by atoms with van der Waals surface area (Å²) in [6.07, 6.45) is 0. The quantitative estimate of drug-likeness (QED) is 0.691. The van der Waals surface area contributed by atoms with Crippen LogP contribution in [0, 0.1) is 0 Å². The van der Waals surface area contributed by atoms with Crippen molar-refractivity contribution in [2.24, 2.45) is 0 Å². The highest BCUT2D eigenvalue weighted by Gasteiger charge is 2.42. The van der Waals surface area contributed by atoms with Crippen molar-refractivity contribution >= 4 is 16.9 Å². The number of carbonyl (C=O) groups is 1. The van der Waals surface area contributed by atoms with E-state index in [1.807, 2.05) is 0 Å². The van der Waals surface area contributed by atoms with E-state index in [0.29, 0.717) is 33.8 Å². The third kappa shape index (κ3) is 2.36. The van der Waals surface area contributed by atoms with E-state index in [-0.39, 0.29) is 22.7 Å². The highest BCUT2D eigenvalue weighted by atomic mass is 16.5. The zero-order valence-electron chi connectivity index (χ0n) is 15.9. The van der Waals surface area contributed by atoms with Crippen LogP contribution in [0.3, 0.4) is 0 Å². The van der Waals surface area contributed by atoms with Crippen LogP contribution in [0.5, 0.6) is 17.2 Å². The number of benzene rings is 2. The van der Waals surface area contributed by atoms with Crippen molar-refractivity contribution in [2.75, 3.05) is 28.4 Å². The SMILES string of the molecule is COc1ccc([C@H]2c3c(oc4ccccc4c3=O)C(=O)N2C)c(OC)c1OC. The van der Waals surface area contributed by atoms with Crippen LogP contribution in [0.1, 0.15) is 27.7 Å². The highest BCUT2D eigenvalue weighted by Crippen LogP contribution is 2.47. The van der Waals surface area contributed by atoms with Crippen LogP contribution in [0.2, 0.25) is 0 Å². The summed E-state index contributed by atoms with van der Waals surface area (Å²) in [6.45, 7) is 0. The van der Waals surface area contributed by atoms with Gasteiger partial charge in [0.25, 0.3) is 5.91 Å². The number of hydrogen-bond acceptors (Lipinski definition) is 6. The Morgan fingerprint density at radius 1 is 0.929 bits per heavy atom. The molecule has 0 saturated carbocycles. The molecule has 1 aliphatic heterocycles. The van der Waals surface area contributed by atoms with Crippen LogP contribution in [0.4, 0.5) is 0 Å². The third-order valence-electron chi connectivity index (χ3n) is 5.04. The molecule has 1 aliphatic rings. The van der Waals surface area contributed by atoms with Gasteiger partial charge in [0, 0.05) is 12.6 Å². The standard InChI is InChI=1S/C21H19NO6/c1-22-16(12-9-10-14(25-2)19(27-4)18(12)26-3)15-17(23)11-7-5-6-8-13(11)28-20(15)21(22)24/h5-10,16H,1-4H3/t16-/m0/s1. The molecule has 2 heterocycles. The fraction of sp³-hybridized carbons (Fsp3) is 0.238. The molecule has 0 fully saturated rings. The molecule has 0 bridgehead atoms.